The zero-order valence-electron chi connectivity index (χ0n) is 16.5. The minimum absolute atomic E-state index is 0.224. The van der Waals surface area contributed by atoms with Gasteiger partial charge in [0.2, 0.25) is 0 Å². The maximum Gasteiger partial charge on any atom is 0.298 e. The Morgan fingerprint density at radius 3 is 2.12 bits per heavy atom. The van der Waals surface area contributed by atoms with Gasteiger partial charge in [-0.05, 0) is 45.7 Å². The van der Waals surface area contributed by atoms with Crippen molar-refractivity contribution < 1.29 is 4.79 Å². The maximum absolute atomic E-state index is 11.7. The van der Waals surface area contributed by atoms with E-state index >= 15 is 0 Å². The van der Waals surface area contributed by atoms with Gasteiger partial charge in [0.1, 0.15) is 5.82 Å². The topological polar surface area (TPSA) is 42.9 Å². The van der Waals surface area contributed by atoms with E-state index in [0.29, 0.717) is 13.1 Å². The number of amides is 1. The van der Waals surface area contributed by atoms with Crippen molar-refractivity contribution in [3.8, 4) is 12.3 Å². The molecule has 0 bridgehead atoms. The predicted octanol–water partition coefficient (Wildman–Crippen LogP) is 2.06. The molecule has 0 unspecified atom stereocenters. The molecule has 1 aliphatic heterocycles. The van der Waals surface area contributed by atoms with E-state index in [4.69, 9.17) is 11.4 Å². The van der Waals surface area contributed by atoms with Crippen LogP contribution in [0.15, 0.2) is 12.1 Å². The predicted molar refractivity (Wildman–Crippen MR) is 109 cm³/mol. The van der Waals surface area contributed by atoms with Crippen LogP contribution in [-0.2, 0) is 4.79 Å². The molecule has 0 aliphatic carbocycles. The van der Waals surface area contributed by atoms with Gasteiger partial charge in [-0.1, -0.05) is 0 Å². The van der Waals surface area contributed by atoms with Crippen LogP contribution in [0, 0.1) is 12.3 Å². The number of pyridine rings is 1. The molecule has 0 atom stereocenters. The van der Waals surface area contributed by atoms with Crippen molar-refractivity contribution in [2.24, 2.45) is 0 Å². The highest BCUT2D eigenvalue weighted by atomic mass is 16.2. The number of terminal acetylenes is 1. The first-order valence-corrected chi connectivity index (χ1v) is 9.60. The minimum Gasteiger partial charge on any atom is -0.369 e. The molecular formula is C20H31N5O. The molecule has 6 heteroatoms. The van der Waals surface area contributed by atoms with E-state index in [1.165, 1.54) is 0 Å². The lowest BCUT2D eigenvalue weighted by Gasteiger charge is -2.37. The van der Waals surface area contributed by atoms with Crippen LogP contribution in [0.4, 0.5) is 17.3 Å². The zero-order valence-corrected chi connectivity index (χ0v) is 16.5. The second-order valence-corrected chi connectivity index (χ2v) is 6.28. The molecule has 0 aromatic carbocycles. The van der Waals surface area contributed by atoms with Gasteiger partial charge in [0, 0.05) is 52.4 Å². The highest BCUT2D eigenvalue weighted by molar-refractivity contribution is 5.93. The summed E-state index contributed by atoms with van der Waals surface area (Å²) in [7, 11) is 0. The number of piperazine rings is 1. The van der Waals surface area contributed by atoms with Crippen LogP contribution < -0.4 is 14.7 Å². The van der Waals surface area contributed by atoms with Gasteiger partial charge in [0.15, 0.2) is 5.82 Å². The number of hydrogen-bond acceptors (Lipinski definition) is 5. The van der Waals surface area contributed by atoms with Gasteiger partial charge < -0.3 is 19.6 Å². The smallest absolute Gasteiger partial charge is 0.298 e. The van der Waals surface area contributed by atoms with Gasteiger partial charge in [0.05, 0.1) is 5.69 Å². The third-order valence-corrected chi connectivity index (χ3v) is 5.02. The van der Waals surface area contributed by atoms with Gasteiger partial charge in [-0.15, -0.1) is 6.42 Å². The summed E-state index contributed by atoms with van der Waals surface area (Å²) < 4.78 is 0. The summed E-state index contributed by atoms with van der Waals surface area (Å²) in [5.41, 5.74) is 1.16. The number of anilines is 3. The largest absolute Gasteiger partial charge is 0.369 e. The monoisotopic (exact) mass is 357 g/mol. The van der Waals surface area contributed by atoms with Gasteiger partial charge in [-0.25, -0.2) is 4.98 Å². The van der Waals surface area contributed by atoms with Crippen LogP contribution >= 0.6 is 0 Å². The van der Waals surface area contributed by atoms with E-state index in [2.05, 4.69) is 60.4 Å². The molecule has 1 aromatic heterocycles. The van der Waals surface area contributed by atoms with E-state index < -0.39 is 0 Å². The molecule has 6 nitrogen and oxygen atoms in total. The third kappa shape index (κ3) is 4.21. The number of rotatable bonds is 7. The van der Waals surface area contributed by atoms with Gasteiger partial charge in [-0.3, -0.25) is 4.79 Å². The Bertz CT molecular complexity index is 638. The lowest BCUT2D eigenvalue weighted by molar-refractivity contribution is -0.125. The molecule has 26 heavy (non-hydrogen) atoms. The van der Waals surface area contributed by atoms with E-state index in [1.807, 2.05) is 0 Å². The van der Waals surface area contributed by atoms with Crippen LogP contribution in [0.2, 0.25) is 0 Å². The lowest BCUT2D eigenvalue weighted by atomic mass is 10.2. The molecule has 1 aliphatic rings. The highest BCUT2D eigenvalue weighted by Crippen LogP contribution is 2.31. The summed E-state index contributed by atoms with van der Waals surface area (Å²) in [5.74, 6) is 4.00. The number of carbonyl (C=O) groups is 1. The van der Waals surface area contributed by atoms with Crippen molar-refractivity contribution in [1.29, 1.82) is 0 Å². The van der Waals surface area contributed by atoms with Crippen LogP contribution in [0.25, 0.3) is 0 Å². The Hall–Kier alpha value is -2.42. The quantitative estimate of drug-likeness (QED) is 0.699. The van der Waals surface area contributed by atoms with Crippen molar-refractivity contribution >= 4 is 23.2 Å². The van der Waals surface area contributed by atoms with E-state index in [0.717, 1.165) is 56.6 Å². The van der Waals surface area contributed by atoms with E-state index in [-0.39, 0.29) is 5.91 Å². The number of nitrogens with zero attached hydrogens (tertiary/aromatic N) is 5. The summed E-state index contributed by atoms with van der Waals surface area (Å²) in [6.45, 7) is 15.1. The second kappa shape index (κ2) is 9.33. The number of carbonyl (C=O) groups excluding carboxylic acids is 1. The summed E-state index contributed by atoms with van der Waals surface area (Å²) >= 11 is 0. The lowest BCUT2D eigenvalue weighted by Crippen LogP contribution is -2.49. The third-order valence-electron chi connectivity index (χ3n) is 5.02. The van der Waals surface area contributed by atoms with Crippen molar-refractivity contribution in [2.75, 3.05) is 67.1 Å². The Kier molecular flexibility index (Phi) is 7.14. The molecule has 0 saturated carbocycles. The highest BCUT2D eigenvalue weighted by Gasteiger charge is 2.24. The molecule has 142 valence electrons. The Morgan fingerprint density at radius 1 is 1.04 bits per heavy atom. The minimum atomic E-state index is -0.224. The van der Waals surface area contributed by atoms with Gasteiger partial charge >= 0.3 is 0 Å². The number of hydrogen-bond donors (Lipinski definition) is 0. The molecule has 0 radical (unpaired) electrons. The first-order chi connectivity index (χ1) is 12.6. The fraction of sp³-hybridized carbons (Fsp3) is 0.600. The SMILES string of the molecule is C#CC(=O)N1CCN(c2nc(N(CC)CC)ccc2N(CC)CC)CC1. The molecule has 0 N–H and O–H groups in total. The van der Waals surface area contributed by atoms with Crippen molar-refractivity contribution in [3.05, 3.63) is 12.1 Å². The normalized spacial score (nSPS) is 14.1. The van der Waals surface area contributed by atoms with Crippen molar-refractivity contribution in [2.45, 2.75) is 27.7 Å². The average molecular weight is 358 g/mol. The standard InChI is InChI=1S/C20H31N5O/c1-6-19(26)24-13-15-25(16-14-24)20-17(22(7-2)8-3)11-12-18(21-20)23(9-4)10-5/h1,11-12H,7-10,13-16H2,2-5H3. The summed E-state index contributed by atoms with van der Waals surface area (Å²) in [4.78, 5) is 25.4. The maximum atomic E-state index is 11.7. The number of aromatic nitrogens is 1. The first-order valence-electron chi connectivity index (χ1n) is 9.60. The zero-order chi connectivity index (χ0) is 19.1. The van der Waals surface area contributed by atoms with Crippen LogP contribution in [0.5, 0.6) is 0 Å². The molecule has 2 rings (SSSR count). The van der Waals surface area contributed by atoms with E-state index in [9.17, 15) is 4.79 Å². The molecule has 1 fully saturated rings. The molecular weight excluding hydrogens is 326 g/mol. The summed E-state index contributed by atoms with van der Waals surface area (Å²) in [6.07, 6.45) is 5.25. The fourth-order valence-electron chi connectivity index (χ4n) is 3.41. The van der Waals surface area contributed by atoms with Gasteiger partial charge in [0.25, 0.3) is 5.91 Å². The molecule has 1 amide bonds. The van der Waals surface area contributed by atoms with Crippen LogP contribution in [0.1, 0.15) is 27.7 Å². The Labute approximate surface area is 157 Å². The first kappa shape index (κ1) is 19.9. The van der Waals surface area contributed by atoms with Crippen LogP contribution in [0.3, 0.4) is 0 Å². The second-order valence-electron chi connectivity index (χ2n) is 6.28. The van der Waals surface area contributed by atoms with E-state index in [1.54, 1.807) is 4.90 Å². The Balaban J connectivity index is 2.33. The molecule has 2 heterocycles. The fourth-order valence-corrected chi connectivity index (χ4v) is 3.41. The average Bonchev–Trinajstić information content (AvgIpc) is 2.70. The van der Waals surface area contributed by atoms with Gasteiger partial charge in [-0.2, -0.15) is 0 Å². The van der Waals surface area contributed by atoms with Crippen molar-refractivity contribution in [1.82, 2.24) is 9.88 Å². The van der Waals surface area contributed by atoms with Crippen molar-refractivity contribution in [3.63, 3.8) is 0 Å². The molecule has 1 saturated heterocycles. The Morgan fingerprint density at radius 2 is 1.62 bits per heavy atom. The summed E-state index contributed by atoms with van der Waals surface area (Å²) in [6, 6.07) is 4.30. The van der Waals surface area contributed by atoms with Crippen LogP contribution in [-0.4, -0.2) is 68.1 Å². The molecule has 1 aromatic rings. The summed E-state index contributed by atoms with van der Waals surface area (Å²) in [5, 5.41) is 0. The molecule has 0 spiro atoms.